The molecule has 0 aliphatic carbocycles. The second-order valence-electron chi connectivity index (χ2n) is 7.54. The number of carbonyl (C=O) groups excluding carboxylic acids is 1. The van der Waals surface area contributed by atoms with Crippen molar-refractivity contribution in [2.75, 3.05) is 25.5 Å². The number of nitrogens with zero attached hydrogens (tertiary/aromatic N) is 4. The molecule has 0 saturated carbocycles. The number of pyridine rings is 1. The predicted molar refractivity (Wildman–Crippen MR) is 106 cm³/mol. The normalized spacial score (nSPS) is 17.0. The molecule has 0 spiro atoms. The van der Waals surface area contributed by atoms with Gasteiger partial charge in [0.25, 0.3) is 0 Å². The van der Waals surface area contributed by atoms with Crippen molar-refractivity contribution in [2.24, 2.45) is 5.41 Å². The Labute approximate surface area is 158 Å². The monoisotopic (exact) mass is 361 g/mol. The summed E-state index contributed by atoms with van der Waals surface area (Å²) in [6.07, 6.45) is 8.60. The second kappa shape index (κ2) is 7.04. The molecule has 1 amide bonds. The van der Waals surface area contributed by atoms with E-state index in [-0.39, 0.29) is 11.3 Å². The molecule has 6 nitrogen and oxygen atoms in total. The van der Waals surface area contributed by atoms with Gasteiger partial charge in [0.05, 0.1) is 11.9 Å². The molecule has 4 rings (SSSR count). The Morgan fingerprint density at radius 1 is 1.07 bits per heavy atom. The molecule has 0 unspecified atom stereocenters. The van der Waals surface area contributed by atoms with E-state index < -0.39 is 0 Å². The van der Waals surface area contributed by atoms with Crippen molar-refractivity contribution in [2.45, 2.75) is 19.8 Å². The lowest BCUT2D eigenvalue weighted by Gasteiger charge is -2.36. The number of amides is 1. The summed E-state index contributed by atoms with van der Waals surface area (Å²) in [4.78, 5) is 28.0. The van der Waals surface area contributed by atoms with Gasteiger partial charge in [-0.3, -0.25) is 14.8 Å². The molecule has 0 radical (unpaired) electrons. The standard InChI is InChI=1S/C21H23N5O/c1-21(5-9-26(2)10-6-21)20(27)25-19-12-17-11-15(3-4-16(17)13-24-19)18-14-22-7-8-23-18/h3-4,7-8,11-14H,5-6,9-10H2,1-2H3,(H,24,25,27). The lowest BCUT2D eigenvalue weighted by molar-refractivity contribution is -0.127. The number of benzene rings is 1. The quantitative estimate of drug-likeness (QED) is 0.774. The zero-order valence-electron chi connectivity index (χ0n) is 15.6. The number of hydrogen-bond acceptors (Lipinski definition) is 5. The van der Waals surface area contributed by atoms with Crippen molar-refractivity contribution < 1.29 is 4.79 Å². The van der Waals surface area contributed by atoms with E-state index in [1.165, 1.54) is 0 Å². The second-order valence-corrected chi connectivity index (χ2v) is 7.54. The maximum Gasteiger partial charge on any atom is 0.231 e. The van der Waals surface area contributed by atoms with Crippen LogP contribution in [-0.2, 0) is 4.79 Å². The molecule has 1 N–H and O–H groups in total. The van der Waals surface area contributed by atoms with Gasteiger partial charge in [-0.1, -0.05) is 19.1 Å². The van der Waals surface area contributed by atoms with Gasteiger partial charge in [0.15, 0.2) is 0 Å². The maximum absolute atomic E-state index is 12.8. The van der Waals surface area contributed by atoms with Gasteiger partial charge >= 0.3 is 0 Å². The van der Waals surface area contributed by atoms with Crippen molar-refractivity contribution in [3.05, 3.63) is 49.1 Å². The number of anilines is 1. The average molecular weight is 361 g/mol. The van der Waals surface area contributed by atoms with Crippen LogP contribution < -0.4 is 5.32 Å². The van der Waals surface area contributed by atoms with Crippen LogP contribution in [0.3, 0.4) is 0 Å². The first-order chi connectivity index (χ1) is 13.0. The minimum atomic E-state index is -0.343. The zero-order chi connectivity index (χ0) is 18.9. The van der Waals surface area contributed by atoms with E-state index in [1.54, 1.807) is 24.8 Å². The number of carbonyl (C=O) groups is 1. The third kappa shape index (κ3) is 3.66. The summed E-state index contributed by atoms with van der Waals surface area (Å²) in [7, 11) is 2.09. The maximum atomic E-state index is 12.8. The van der Waals surface area contributed by atoms with Gasteiger partial charge in [0.2, 0.25) is 5.91 Å². The van der Waals surface area contributed by atoms with Gasteiger partial charge in [0, 0.05) is 35.0 Å². The molecule has 3 heterocycles. The molecule has 1 saturated heterocycles. The molecule has 0 atom stereocenters. The molecular weight excluding hydrogens is 338 g/mol. The molecule has 1 aromatic carbocycles. The highest BCUT2D eigenvalue weighted by atomic mass is 16.2. The van der Waals surface area contributed by atoms with Gasteiger partial charge in [-0.15, -0.1) is 0 Å². The fraction of sp³-hybridized carbons (Fsp3) is 0.333. The lowest BCUT2D eigenvalue weighted by atomic mass is 9.79. The molecule has 0 bridgehead atoms. The van der Waals surface area contributed by atoms with E-state index >= 15 is 0 Å². The van der Waals surface area contributed by atoms with Crippen LogP contribution in [0.2, 0.25) is 0 Å². The summed E-state index contributed by atoms with van der Waals surface area (Å²) >= 11 is 0. The lowest BCUT2D eigenvalue weighted by Crippen LogP contribution is -2.43. The van der Waals surface area contributed by atoms with Crippen LogP contribution in [0.4, 0.5) is 5.82 Å². The molecule has 3 aromatic rings. The Morgan fingerprint density at radius 3 is 2.63 bits per heavy atom. The Balaban J connectivity index is 1.58. The first-order valence-corrected chi connectivity index (χ1v) is 9.20. The summed E-state index contributed by atoms with van der Waals surface area (Å²) in [5.41, 5.74) is 1.46. The van der Waals surface area contributed by atoms with Gasteiger partial charge in [-0.05, 0) is 50.5 Å². The number of likely N-dealkylation sites (tertiary alicyclic amines) is 1. The molecule has 1 fully saturated rings. The smallest absolute Gasteiger partial charge is 0.231 e. The SMILES string of the molecule is CN1CCC(C)(C(=O)Nc2cc3cc(-c4cnccn4)ccc3cn2)CC1. The van der Waals surface area contributed by atoms with Crippen molar-refractivity contribution in [1.82, 2.24) is 19.9 Å². The third-order valence-corrected chi connectivity index (χ3v) is 5.46. The highest BCUT2D eigenvalue weighted by Gasteiger charge is 2.36. The molecule has 2 aromatic heterocycles. The van der Waals surface area contributed by atoms with Gasteiger partial charge in [-0.2, -0.15) is 0 Å². The van der Waals surface area contributed by atoms with E-state index in [2.05, 4.69) is 32.2 Å². The van der Waals surface area contributed by atoms with Crippen LogP contribution in [-0.4, -0.2) is 45.9 Å². The summed E-state index contributed by atoms with van der Waals surface area (Å²) in [5.74, 6) is 0.636. The van der Waals surface area contributed by atoms with Crippen LogP contribution in [0.5, 0.6) is 0 Å². The van der Waals surface area contributed by atoms with Crippen LogP contribution in [0.1, 0.15) is 19.8 Å². The van der Waals surface area contributed by atoms with Crippen LogP contribution in [0, 0.1) is 5.41 Å². The predicted octanol–water partition coefficient (Wildman–Crippen LogP) is 3.36. The summed E-state index contributed by atoms with van der Waals surface area (Å²) in [6.45, 7) is 3.93. The summed E-state index contributed by atoms with van der Waals surface area (Å²) in [6, 6.07) is 7.99. The number of piperidine rings is 1. The van der Waals surface area contributed by atoms with E-state index in [0.29, 0.717) is 5.82 Å². The zero-order valence-corrected chi connectivity index (χ0v) is 15.6. The third-order valence-electron chi connectivity index (χ3n) is 5.46. The average Bonchev–Trinajstić information content (AvgIpc) is 2.70. The Hall–Kier alpha value is -2.86. The molecule has 27 heavy (non-hydrogen) atoms. The van der Waals surface area contributed by atoms with E-state index in [9.17, 15) is 4.79 Å². The van der Waals surface area contributed by atoms with Crippen LogP contribution >= 0.6 is 0 Å². The first-order valence-electron chi connectivity index (χ1n) is 9.20. The Kier molecular flexibility index (Phi) is 4.58. The number of rotatable bonds is 3. The van der Waals surface area contributed by atoms with Gasteiger partial charge in [0.1, 0.15) is 5.82 Å². The topological polar surface area (TPSA) is 71.0 Å². The van der Waals surface area contributed by atoms with Gasteiger partial charge in [-0.25, -0.2) is 4.98 Å². The van der Waals surface area contributed by atoms with Crippen LogP contribution in [0.25, 0.3) is 22.0 Å². The van der Waals surface area contributed by atoms with E-state index in [0.717, 1.165) is 48.0 Å². The van der Waals surface area contributed by atoms with Crippen molar-refractivity contribution in [3.8, 4) is 11.3 Å². The first kappa shape index (κ1) is 17.5. The van der Waals surface area contributed by atoms with Crippen molar-refractivity contribution >= 4 is 22.5 Å². The number of aromatic nitrogens is 3. The minimum absolute atomic E-state index is 0.0486. The highest BCUT2D eigenvalue weighted by molar-refractivity contribution is 5.96. The van der Waals surface area contributed by atoms with E-state index in [1.807, 2.05) is 31.2 Å². The van der Waals surface area contributed by atoms with Gasteiger partial charge < -0.3 is 10.2 Å². The van der Waals surface area contributed by atoms with Crippen LogP contribution in [0.15, 0.2) is 49.1 Å². The molecular formula is C21H23N5O. The number of fused-ring (bicyclic) bond motifs is 1. The number of nitrogens with one attached hydrogen (secondary N) is 1. The highest BCUT2D eigenvalue weighted by Crippen LogP contribution is 2.32. The molecule has 138 valence electrons. The summed E-state index contributed by atoms with van der Waals surface area (Å²) in [5, 5.41) is 5.05. The van der Waals surface area contributed by atoms with Crippen molar-refractivity contribution in [3.63, 3.8) is 0 Å². The van der Waals surface area contributed by atoms with Crippen molar-refractivity contribution in [1.29, 1.82) is 0 Å². The fourth-order valence-corrected chi connectivity index (χ4v) is 3.42. The molecule has 1 aliphatic rings. The largest absolute Gasteiger partial charge is 0.310 e. The van der Waals surface area contributed by atoms with E-state index in [4.69, 9.17) is 0 Å². The summed E-state index contributed by atoms with van der Waals surface area (Å²) < 4.78 is 0. The Bertz CT molecular complexity index is 965. The fourth-order valence-electron chi connectivity index (χ4n) is 3.42. The minimum Gasteiger partial charge on any atom is -0.310 e. The Morgan fingerprint density at radius 2 is 1.89 bits per heavy atom. The molecule has 1 aliphatic heterocycles. The molecule has 6 heteroatoms. The number of hydrogen-bond donors (Lipinski definition) is 1.